The van der Waals surface area contributed by atoms with Crippen LogP contribution in [-0.4, -0.2) is 39.1 Å². The second-order valence-electron chi connectivity index (χ2n) is 5.53. The molecule has 0 heterocycles. The van der Waals surface area contributed by atoms with Crippen LogP contribution in [0.3, 0.4) is 0 Å². The van der Waals surface area contributed by atoms with Crippen LogP contribution in [0, 0.1) is 0 Å². The highest BCUT2D eigenvalue weighted by Crippen LogP contribution is 2.27. The number of carbonyl (C=O) groups is 1. The lowest BCUT2D eigenvalue weighted by molar-refractivity contribution is -0.122. The summed E-state index contributed by atoms with van der Waals surface area (Å²) in [7, 11) is 6.63. The molecule has 2 rings (SSSR count). The Balaban J connectivity index is 2.56. The molecule has 2 N–H and O–H groups in total. The van der Waals surface area contributed by atoms with Crippen molar-refractivity contribution in [1.82, 2.24) is 4.90 Å². The van der Waals surface area contributed by atoms with Gasteiger partial charge in [-0.05, 0) is 41.5 Å². The van der Waals surface area contributed by atoms with E-state index in [1.807, 2.05) is 30.3 Å². The molecule has 2 aromatic carbocycles. The van der Waals surface area contributed by atoms with Gasteiger partial charge in [-0.3, -0.25) is 4.79 Å². The number of nitrogens with zero attached hydrogens (tertiary/aromatic N) is 1. The number of ether oxygens (including phenoxy) is 2. The fraction of sp³-hybridized carbons (Fsp3) is 0.211. The lowest BCUT2D eigenvalue weighted by atomic mass is 10.0. The van der Waals surface area contributed by atoms with Crippen molar-refractivity contribution in [2.45, 2.75) is 0 Å². The van der Waals surface area contributed by atoms with Gasteiger partial charge >= 0.3 is 0 Å². The van der Waals surface area contributed by atoms with Crippen LogP contribution in [0.15, 0.2) is 42.5 Å². The zero-order valence-electron chi connectivity index (χ0n) is 14.4. The molecule has 24 heavy (non-hydrogen) atoms. The highest BCUT2D eigenvalue weighted by Gasteiger charge is 2.14. The van der Waals surface area contributed by atoms with Gasteiger partial charge in [-0.15, -0.1) is 0 Å². The summed E-state index contributed by atoms with van der Waals surface area (Å²) >= 11 is 0. The van der Waals surface area contributed by atoms with Crippen molar-refractivity contribution >= 4 is 23.2 Å². The van der Waals surface area contributed by atoms with E-state index in [0.717, 1.165) is 11.1 Å². The first kappa shape index (κ1) is 17.4. The number of likely N-dealkylation sites (N-methyl/N-ethyl adjacent to an activating group) is 1. The quantitative estimate of drug-likeness (QED) is 0.521. The van der Waals surface area contributed by atoms with Crippen LogP contribution in [0.4, 0.5) is 5.69 Å². The van der Waals surface area contributed by atoms with Crippen LogP contribution < -0.4 is 15.2 Å². The summed E-state index contributed by atoms with van der Waals surface area (Å²) in [5, 5.41) is 0. The largest absolute Gasteiger partial charge is 0.497 e. The number of anilines is 1. The van der Waals surface area contributed by atoms with Crippen LogP contribution in [0.1, 0.15) is 11.1 Å². The smallest absolute Gasteiger partial charge is 0.253 e. The van der Waals surface area contributed by atoms with Gasteiger partial charge in [-0.25, -0.2) is 0 Å². The molecule has 0 saturated carbocycles. The van der Waals surface area contributed by atoms with E-state index in [1.165, 1.54) is 0 Å². The Labute approximate surface area is 142 Å². The molecule has 0 aromatic heterocycles. The fourth-order valence-corrected chi connectivity index (χ4v) is 2.25. The molecule has 0 bridgehead atoms. The molecule has 0 atom stereocenters. The molecule has 2 aromatic rings. The van der Waals surface area contributed by atoms with E-state index in [4.69, 9.17) is 15.2 Å². The van der Waals surface area contributed by atoms with E-state index in [1.54, 1.807) is 51.4 Å². The maximum Gasteiger partial charge on any atom is 0.253 e. The summed E-state index contributed by atoms with van der Waals surface area (Å²) in [6.07, 6.45) is 1.82. The Morgan fingerprint density at radius 3 is 2.00 bits per heavy atom. The number of nitrogen functional groups attached to an aromatic ring is 1. The van der Waals surface area contributed by atoms with Gasteiger partial charge in [0.15, 0.2) is 0 Å². The second-order valence-corrected chi connectivity index (χ2v) is 5.53. The van der Waals surface area contributed by atoms with E-state index in [0.29, 0.717) is 22.8 Å². The Morgan fingerprint density at radius 1 is 1.00 bits per heavy atom. The van der Waals surface area contributed by atoms with Gasteiger partial charge in [0.2, 0.25) is 0 Å². The first-order chi connectivity index (χ1) is 11.4. The zero-order valence-corrected chi connectivity index (χ0v) is 14.4. The van der Waals surface area contributed by atoms with Gasteiger partial charge in [0.25, 0.3) is 5.91 Å². The minimum absolute atomic E-state index is 0.0958. The normalized spacial score (nSPS) is 11.1. The third kappa shape index (κ3) is 4.07. The topological polar surface area (TPSA) is 64.8 Å². The zero-order chi connectivity index (χ0) is 17.7. The summed E-state index contributed by atoms with van der Waals surface area (Å²) in [6, 6.07) is 12.7. The standard InChI is InChI=1S/C19H22N2O3/c1-21(2)19(22)18(14-5-7-15(20)8-6-14)11-13-9-16(23-3)12-17(10-13)24-4/h5-12H,20H2,1-4H3/b18-11-. The van der Waals surface area contributed by atoms with Gasteiger partial charge in [-0.2, -0.15) is 0 Å². The number of hydrogen-bond acceptors (Lipinski definition) is 4. The van der Waals surface area contributed by atoms with Crippen molar-refractivity contribution < 1.29 is 14.3 Å². The third-order valence-electron chi connectivity index (χ3n) is 3.54. The van der Waals surface area contributed by atoms with E-state index in [2.05, 4.69) is 0 Å². The SMILES string of the molecule is COc1cc(/C=C(\C(=O)N(C)C)c2ccc(N)cc2)cc(OC)c1. The van der Waals surface area contributed by atoms with Crippen LogP contribution >= 0.6 is 0 Å². The van der Waals surface area contributed by atoms with Crippen molar-refractivity contribution in [3.63, 3.8) is 0 Å². The van der Waals surface area contributed by atoms with Crippen LogP contribution in [-0.2, 0) is 4.79 Å². The second kappa shape index (κ2) is 7.55. The summed E-state index contributed by atoms with van der Waals surface area (Å²) in [5.41, 5.74) is 8.57. The van der Waals surface area contributed by atoms with Crippen LogP contribution in [0.2, 0.25) is 0 Å². The Hall–Kier alpha value is -2.95. The molecule has 0 aliphatic rings. The minimum atomic E-state index is -0.0958. The molecule has 0 aliphatic heterocycles. The molecular weight excluding hydrogens is 304 g/mol. The van der Waals surface area contributed by atoms with Crippen molar-refractivity contribution in [2.75, 3.05) is 34.0 Å². The molecule has 126 valence electrons. The number of hydrogen-bond donors (Lipinski definition) is 1. The minimum Gasteiger partial charge on any atom is -0.497 e. The summed E-state index contributed by atoms with van der Waals surface area (Å²) in [5.74, 6) is 1.23. The van der Waals surface area contributed by atoms with Gasteiger partial charge < -0.3 is 20.1 Å². The number of nitrogens with two attached hydrogens (primary N) is 1. The van der Waals surface area contributed by atoms with Gasteiger partial charge in [0, 0.05) is 31.4 Å². The average molecular weight is 326 g/mol. The highest BCUT2D eigenvalue weighted by molar-refractivity contribution is 6.24. The van der Waals surface area contributed by atoms with E-state index < -0.39 is 0 Å². The van der Waals surface area contributed by atoms with E-state index in [9.17, 15) is 4.79 Å². The van der Waals surface area contributed by atoms with Gasteiger partial charge in [0.1, 0.15) is 11.5 Å². The van der Waals surface area contributed by atoms with Crippen LogP contribution in [0.5, 0.6) is 11.5 Å². The lowest BCUT2D eigenvalue weighted by Crippen LogP contribution is -2.22. The summed E-state index contributed by atoms with van der Waals surface area (Å²) in [6.45, 7) is 0. The van der Waals surface area contributed by atoms with Crippen LogP contribution in [0.25, 0.3) is 11.6 Å². The van der Waals surface area contributed by atoms with Crippen molar-refractivity contribution in [1.29, 1.82) is 0 Å². The monoisotopic (exact) mass is 326 g/mol. The Morgan fingerprint density at radius 2 is 1.54 bits per heavy atom. The molecule has 5 heteroatoms. The third-order valence-corrected chi connectivity index (χ3v) is 3.54. The number of benzene rings is 2. The summed E-state index contributed by atoms with van der Waals surface area (Å²) in [4.78, 5) is 14.1. The molecule has 5 nitrogen and oxygen atoms in total. The first-order valence-electron chi connectivity index (χ1n) is 7.47. The maximum atomic E-state index is 12.6. The number of amides is 1. The van der Waals surface area contributed by atoms with E-state index >= 15 is 0 Å². The Bertz CT molecular complexity index is 727. The van der Waals surface area contributed by atoms with Crippen molar-refractivity contribution in [2.24, 2.45) is 0 Å². The van der Waals surface area contributed by atoms with Gasteiger partial charge in [0.05, 0.1) is 14.2 Å². The predicted molar refractivity (Wildman–Crippen MR) is 97.0 cm³/mol. The highest BCUT2D eigenvalue weighted by atomic mass is 16.5. The molecule has 0 saturated heterocycles. The molecule has 1 amide bonds. The number of carbonyl (C=O) groups excluding carboxylic acids is 1. The molecule has 0 aliphatic carbocycles. The van der Waals surface area contributed by atoms with Crippen molar-refractivity contribution in [3.8, 4) is 11.5 Å². The molecule has 0 fully saturated rings. The Kier molecular flexibility index (Phi) is 5.47. The maximum absolute atomic E-state index is 12.6. The average Bonchev–Trinajstić information content (AvgIpc) is 2.59. The molecule has 0 unspecified atom stereocenters. The van der Waals surface area contributed by atoms with E-state index in [-0.39, 0.29) is 5.91 Å². The predicted octanol–water partition coefficient (Wildman–Crippen LogP) is 2.91. The molecule has 0 radical (unpaired) electrons. The van der Waals surface area contributed by atoms with Gasteiger partial charge in [-0.1, -0.05) is 12.1 Å². The lowest BCUT2D eigenvalue weighted by Gasteiger charge is -2.15. The van der Waals surface area contributed by atoms with Crippen molar-refractivity contribution in [3.05, 3.63) is 53.6 Å². The summed E-state index contributed by atoms with van der Waals surface area (Å²) < 4.78 is 10.6. The first-order valence-corrected chi connectivity index (χ1v) is 7.47. The number of methoxy groups -OCH3 is 2. The molecule has 0 spiro atoms. The number of rotatable bonds is 5. The molecular formula is C19H22N2O3. The fourth-order valence-electron chi connectivity index (χ4n) is 2.25.